The van der Waals surface area contributed by atoms with Crippen molar-refractivity contribution < 1.29 is 37.0 Å². The van der Waals surface area contributed by atoms with Gasteiger partial charge in [-0.25, -0.2) is 4.79 Å². The standard InChI is InChI=1S/C22H19F2NO6/c1-13-3-9-17(19(11-13)31-22(23)24)25-20(26)18-10-8-16(30-18)12-29-15-6-4-14(5-7-15)21(27)28-2/h3-11,22H,12H2,1-2H3,(H,25,26). The zero-order chi connectivity index (χ0) is 22.4. The quantitative estimate of drug-likeness (QED) is 0.515. The Morgan fingerprint density at radius 3 is 2.48 bits per heavy atom. The highest BCUT2D eigenvalue weighted by molar-refractivity contribution is 6.03. The van der Waals surface area contributed by atoms with Gasteiger partial charge >= 0.3 is 12.6 Å². The van der Waals surface area contributed by atoms with Crippen LogP contribution in [-0.4, -0.2) is 25.6 Å². The number of rotatable bonds is 8. The fourth-order valence-corrected chi connectivity index (χ4v) is 2.65. The molecule has 2 aromatic carbocycles. The lowest BCUT2D eigenvalue weighted by Gasteiger charge is -2.12. The molecule has 0 atom stereocenters. The molecule has 31 heavy (non-hydrogen) atoms. The summed E-state index contributed by atoms with van der Waals surface area (Å²) in [5.41, 5.74) is 1.18. The Labute approximate surface area is 176 Å². The number of benzene rings is 2. The number of ether oxygens (including phenoxy) is 3. The maximum Gasteiger partial charge on any atom is 0.387 e. The van der Waals surface area contributed by atoms with Crippen LogP contribution in [0.5, 0.6) is 11.5 Å². The van der Waals surface area contributed by atoms with Gasteiger partial charge in [0.15, 0.2) is 5.76 Å². The highest BCUT2D eigenvalue weighted by Gasteiger charge is 2.16. The molecule has 162 valence electrons. The minimum Gasteiger partial charge on any atom is -0.486 e. The summed E-state index contributed by atoms with van der Waals surface area (Å²) in [6, 6.07) is 13.8. The zero-order valence-corrected chi connectivity index (χ0v) is 16.7. The Kier molecular flexibility index (Phi) is 6.86. The van der Waals surface area contributed by atoms with Gasteiger partial charge in [0.2, 0.25) is 0 Å². The number of furan rings is 1. The highest BCUT2D eigenvalue weighted by atomic mass is 19.3. The van der Waals surface area contributed by atoms with E-state index in [1.807, 2.05) is 0 Å². The number of nitrogens with one attached hydrogen (secondary N) is 1. The lowest BCUT2D eigenvalue weighted by molar-refractivity contribution is -0.0494. The first kappa shape index (κ1) is 21.8. The first-order valence-corrected chi connectivity index (χ1v) is 9.12. The molecule has 0 spiro atoms. The van der Waals surface area contributed by atoms with Crippen molar-refractivity contribution >= 4 is 17.6 Å². The molecule has 9 heteroatoms. The topological polar surface area (TPSA) is 87.0 Å². The first-order valence-electron chi connectivity index (χ1n) is 9.12. The molecule has 0 saturated carbocycles. The van der Waals surface area contributed by atoms with Gasteiger partial charge in [-0.15, -0.1) is 0 Å². The van der Waals surface area contributed by atoms with Crippen LogP contribution < -0.4 is 14.8 Å². The van der Waals surface area contributed by atoms with Crippen LogP contribution in [0.1, 0.15) is 32.2 Å². The molecule has 3 aromatic rings. The number of methoxy groups -OCH3 is 1. The molecular weight excluding hydrogens is 412 g/mol. The molecule has 0 bridgehead atoms. The van der Waals surface area contributed by atoms with E-state index < -0.39 is 18.5 Å². The second-order valence-electron chi connectivity index (χ2n) is 6.40. The first-order chi connectivity index (χ1) is 14.9. The third-order valence-electron chi connectivity index (χ3n) is 4.14. The molecule has 1 aromatic heterocycles. The van der Waals surface area contributed by atoms with Crippen LogP contribution in [0, 0.1) is 6.92 Å². The fraction of sp³-hybridized carbons (Fsp3) is 0.182. The zero-order valence-electron chi connectivity index (χ0n) is 16.7. The second-order valence-corrected chi connectivity index (χ2v) is 6.40. The van der Waals surface area contributed by atoms with Crippen LogP contribution in [0.4, 0.5) is 14.5 Å². The molecule has 1 N–H and O–H groups in total. The maximum atomic E-state index is 12.6. The van der Waals surface area contributed by atoms with E-state index in [0.29, 0.717) is 22.6 Å². The summed E-state index contributed by atoms with van der Waals surface area (Å²) in [6.45, 7) is -1.27. The number of anilines is 1. The van der Waals surface area contributed by atoms with E-state index in [-0.39, 0.29) is 23.8 Å². The van der Waals surface area contributed by atoms with Crippen molar-refractivity contribution in [3.05, 3.63) is 77.2 Å². The van der Waals surface area contributed by atoms with Crippen molar-refractivity contribution in [2.75, 3.05) is 12.4 Å². The normalized spacial score (nSPS) is 10.6. The van der Waals surface area contributed by atoms with Gasteiger partial charge in [-0.05, 0) is 61.0 Å². The number of esters is 1. The molecule has 0 unspecified atom stereocenters. The van der Waals surface area contributed by atoms with Gasteiger partial charge in [0, 0.05) is 0 Å². The average Bonchev–Trinajstić information content (AvgIpc) is 3.23. The Hall–Kier alpha value is -3.88. The molecular formula is C22H19F2NO6. The van der Waals surface area contributed by atoms with E-state index in [0.717, 1.165) is 0 Å². The number of hydrogen-bond acceptors (Lipinski definition) is 6. The monoisotopic (exact) mass is 431 g/mol. The largest absolute Gasteiger partial charge is 0.486 e. The molecule has 0 saturated heterocycles. The average molecular weight is 431 g/mol. The molecule has 1 amide bonds. The SMILES string of the molecule is COC(=O)c1ccc(OCc2ccc(C(=O)Nc3ccc(C)cc3OC(F)F)o2)cc1. The van der Waals surface area contributed by atoms with Crippen LogP contribution in [0.15, 0.2) is 59.0 Å². The molecule has 0 aliphatic carbocycles. The number of hydrogen-bond donors (Lipinski definition) is 1. The molecule has 1 heterocycles. The van der Waals surface area contributed by atoms with Crippen LogP contribution >= 0.6 is 0 Å². The van der Waals surface area contributed by atoms with Gasteiger partial charge < -0.3 is 23.9 Å². The number of alkyl halides is 2. The van der Waals surface area contributed by atoms with Gasteiger partial charge in [-0.2, -0.15) is 8.78 Å². The Balaban J connectivity index is 1.62. The van der Waals surface area contributed by atoms with Gasteiger partial charge in [0.05, 0.1) is 18.4 Å². The predicted octanol–water partition coefficient (Wildman–Crippen LogP) is 4.81. The van der Waals surface area contributed by atoms with Gasteiger partial charge in [0.1, 0.15) is 23.9 Å². The summed E-state index contributed by atoms with van der Waals surface area (Å²) in [5, 5.41) is 2.49. The van der Waals surface area contributed by atoms with E-state index >= 15 is 0 Å². The Bertz CT molecular complexity index is 1060. The van der Waals surface area contributed by atoms with Crippen LogP contribution in [0.25, 0.3) is 0 Å². The maximum absolute atomic E-state index is 12.6. The van der Waals surface area contributed by atoms with Crippen LogP contribution in [0.2, 0.25) is 0 Å². The minimum absolute atomic E-state index is 0.0248. The third-order valence-corrected chi connectivity index (χ3v) is 4.14. The summed E-state index contributed by atoms with van der Waals surface area (Å²) >= 11 is 0. The van der Waals surface area contributed by atoms with Crippen molar-refractivity contribution in [2.24, 2.45) is 0 Å². The van der Waals surface area contributed by atoms with E-state index in [1.54, 1.807) is 43.3 Å². The van der Waals surface area contributed by atoms with Crippen molar-refractivity contribution in [2.45, 2.75) is 20.1 Å². The molecule has 0 aliphatic rings. The number of aryl methyl sites for hydroxylation is 1. The van der Waals surface area contributed by atoms with Gasteiger partial charge in [0.25, 0.3) is 5.91 Å². The number of carbonyl (C=O) groups excluding carboxylic acids is 2. The van der Waals surface area contributed by atoms with Gasteiger partial charge in [-0.1, -0.05) is 6.07 Å². The summed E-state index contributed by atoms with van der Waals surface area (Å²) in [6.07, 6.45) is 0. The van der Waals surface area contributed by atoms with Gasteiger partial charge in [-0.3, -0.25) is 4.79 Å². The Morgan fingerprint density at radius 1 is 1.06 bits per heavy atom. The van der Waals surface area contributed by atoms with E-state index in [9.17, 15) is 18.4 Å². The molecule has 0 fully saturated rings. The highest BCUT2D eigenvalue weighted by Crippen LogP contribution is 2.28. The molecule has 3 rings (SSSR count). The summed E-state index contributed by atoms with van der Waals surface area (Å²) < 4.78 is 45.3. The van der Waals surface area contributed by atoms with Crippen LogP contribution in [-0.2, 0) is 11.3 Å². The van der Waals surface area contributed by atoms with E-state index in [2.05, 4.69) is 14.8 Å². The lowest BCUT2D eigenvalue weighted by Crippen LogP contribution is -2.13. The number of carbonyl (C=O) groups is 2. The van der Waals surface area contributed by atoms with E-state index in [1.165, 1.54) is 25.3 Å². The summed E-state index contributed by atoms with van der Waals surface area (Å²) in [4.78, 5) is 23.9. The molecule has 7 nitrogen and oxygen atoms in total. The smallest absolute Gasteiger partial charge is 0.387 e. The predicted molar refractivity (Wildman–Crippen MR) is 107 cm³/mol. The van der Waals surface area contributed by atoms with Crippen molar-refractivity contribution in [3.8, 4) is 11.5 Å². The second kappa shape index (κ2) is 9.75. The van der Waals surface area contributed by atoms with Crippen LogP contribution in [0.3, 0.4) is 0 Å². The Morgan fingerprint density at radius 2 is 1.81 bits per heavy atom. The number of amides is 1. The van der Waals surface area contributed by atoms with Crippen molar-refractivity contribution in [1.82, 2.24) is 0 Å². The fourth-order valence-electron chi connectivity index (χ4n) is 2.65. The summed E-state index contributed by atoms with van der Waals surface area (Å²) in [7, 11) is 1.29. The van der Waals surface area contributed by atoms with Crippen molar-refractivity contribution in [1.29, 1.82) is 0 Å². The molecule has 0 radical (unpaired) electrons. The third kappa shape index (κ3) is 5.81. The van der Waals surface area contributed by atoms with E-state index in [4.69, 9.17) is 9.15 Å². The summed E-state index contributed by atoms with van der Waals surface area (Å²) in [5.74, 6) is -0.392. The molecule has 0 aliphatic heterocycles. The minimum atomic E-state index is -3.02. The van der Waals surface area contributed by atoms with Crippen molar-refractivity contribution in [3.63, 3.8) is 0 Å². The number of halogens is 2. The lowest BCUT2D eigenvalue weighted by atomic mass is 10.2.